The van der Waals surface area contributed by atoms with E-state index in [1.807, 2.05) is 67.6 Å². The molecular formula is C26H28ClNO2. The Morgan fingerprint density at radius 3 is 2.33 bits per heavy atom. The normalized spacial score (nSPS) is 20.4. The summed E-state index contributed by atoms with van der Waals surface area (Å²) >= 11 is 6.53. The average molecular weight is 422 g/mol. The van der Waals surface area contributed by atoms with Crippen LogP contribution in [0.4, 0.5) is 0 Å². The molecule has 1 N–H and O–H groups in total. The minimum atomic E-state index is -1.21. The van der Waals surface area contributed by atoms with E-state index in [1.165, 1.54) is 5.56 Å². The van der Waals surface area contributed by atoms with Gasteiger partial charge in [0.15, 0.2) is 0 Å². The smallest absolute Gasteiger partial charge is 0.123 e. The van der Waals surface area contributed by atoms with Crippen molar-refractivity contribution in [3.05, 3.63) is 107 Å². The Kier molecular flexibility index (Phi) is 6.55. The largest absolute Gasteiger partial charge is 0.382 e. The lowest BCUT2D eigenvalue weighted by Crippen LogP contribution is -2.54. The predicted molar refractivity (Wildman–Crippen MR) is 122 cm³/mol. The number of hydrogen-bond acceptors (Lipinski definition) is 3. The maximum Gasteiger partial charge on any atom is 0.123 e. The topological polar surface area (TPSA) is 32.7 Å². The fraction of sp³-hybridized carbons (Fsp3) is 0.308. The SMILES string of the molecule is C[C@@H](c1ccccc1Cl)C(O)(c1ccccc1)[C@@H]1CN(Cc2ccccc2)CCO1. The standard InChI is InChI=1S/C26H28ClNO2/c1-20(23-14-8-9-15-24(23)27)26(29,22-12-6-3-7-13-22)25-19-28(16-17-30-25)18-21-10-4-2-5-11-21/h2-15,20,25,29H,16-19H2,1H3/t20-,25-,26?/m0/s1. The van der Waals surface area contributed by atoms with Gasteiger partial charge >= 0.3 is 0 Å². The van der Waals surface area contributed by atoms with Gasteiger partial charge in [0.2, 0.25) is 0 Å². The van der Waals surface area contributed by atoms with Crippen molar-refractivity contribution in [3.8, 4) is 0 Å². The van der Waals surface area contributed by atoms with Crippen LogP contribution < -0.4 is 0 Å². The number of benzene rings is 3. The summed E-state index contributed by atoms with van der Waals surface area (Å²) in [7, 11) is 0. The maximum atomic E-state index is 12.2. The fourth-order valence-electron chi connectivity index (χ4n) is 4.44. The van der Waals surface area contributed by atoms with Crippen LogP contribution in [0.15, 0.2) is 84.9 Å². The summed E-state index contributed by atoms with van der Waals surface area (Å²) in [5.41, 5.74) is 1.83. The summed E-state index contributed by atoms with van der Waals surface area (Å²) in [6, 6.07) is 28.0. The Bertz CT molecular complexity index is 950. The number of hydrogen-bond donors (Lipinski definition) is 1. The lowest BCUT2D eigenvalue weighted by atomic mass is 9.74. The van der Waals surface area contributed by atoms with Gasteiger partial charge in [-0.1, -0.05) is 97.4 Å². The summed E-state index contributed by atoms with van der Waals surface area (Å²) in [6.45, 7) is 4.95. The quantitative estimate of drug-likeness (QED) is 0.591. The number of rotatable bonds is 6. The molecule has 30 heavy (non-hydrogen) atoms. The molecule has 1 heterocycles. The molecule has 1 fully saturated rings. The van der Waals surface area contributed by atoms with Crippen LogP contribution in [0.1, 0.15) is 29.5 Å². The first-order chi connectivity index (χ1) is 14.6. The second kappa shape index (κ2) is 9.32. The molecule has 1 aliphatic heterocycles. The predicted octanol–water partition coefficient (Wildman–Crippen LogP) is 5.23. The molecule has 1 unspecified atom stereocenters. The highest BCUT2D eigenvalue weighted by Gasteiger charge is 2.47. The zero-order valence-electron chi connectivity index (χ0n) is 17.2. The van der Waals surface area contributed by atoms with Crippen molar-refractivity contribution in [3.63, 3.8) is 0 Å². The minimum Gasteiger partial charge on any atom is -0.382 e. The van der Waals surface area contributed by atoms with Crippen LogP contribution in [0.2, 0.25) is 5.02 Å². The van der Waals surface area contributed by atoms with E-state index in [9.17, 15) is 5.11 Å². The van der Waals surface area contributed by atoms with Crippen LogP contribution in [-0.4, -0.2) is 35.8 Å². The van der Waals surface area contributed by atoms with Crippen LogP contribution in [0.3, 0.4) is 0 Å². The molecule has 0 amide bonds. The van der Waals surface area contributed by atoms with Crippen LogP contribution in [0.25, 0.3) is 0 Å². The molecule has 4 heteroatoms. The molecule has 3 aromatic rings. The van der Waals surface area contributed by atoms with E-state index in [-0.39, 0.29) is 12.0 Å². The summed E-state index contributed by atoms with van der Waals surface area (Å²) < 4.78 is 6.21. The monoisotopic (exact) mass is 421 g/mol. The first-order valence-corrected chi connectivity index (χ1v) is 10.9. The van der Waals surface area contributed by atoms with Gasteiger partial charge in [-0.25, -0.2) is 0 Å². The van der Waals surface area contributed by atoms with Gasteiger partial charge in [-0.05, 0) is 22.8 Å². The van der Waals surface area contributed by atoms with E-state index in [2.05, 4.69) is 29.2 Å². The molecular weight excluding hydrogens is 394 g/mol. The third-order valence-electron chi connectivity index (χ3n) is 6.16. The van der Waals surface area contributed by atoms with Crippen molar-refractivity contribution in [1.29, 1.82) is 0 Å². The van der Waals surface area contributed by atoms with Crippen LogP contribution in [-0.2, 0) is 16.9 Å². The van der Waals surface area contributed by atoms with Crippen molar-refractivity contribution in [1.82, 2.24) is 4.90 Å². The molecule has 1 saturated heterocycles. The molecule has 3 atom stereocenters. The highest BCUT2D eigenvalue weighted by atomic mass is 35.5. The molecule has 0 bridgehead atoms. The zero-order valence-corrected chi connectivity index (χ0v) is 18.0. The lowest BCUT2D eigenvalue weighted by Gasteiger charge is -2.45. The van der Waals surface area contributed by atoms with Crippen molar-refractivity contribution < 1.29 is 9.84 Å². The van der Waals surface area contributed by atoms with Crippen molar-refractivity contribution in [2.24, 2.45) is 0 Å². The van der Waals surface area contributed by atoms with Crippen LogP contribution in [0.5, 0.6) is 0 Å². The second-order valence-corrected chi connectivity index (χ2v) is 8.42. The van der Waals surface area contributed by atoms with E-state index in [1.54, 1.807) is 0 Å². The summed E-state index contributed by atoms with van der Waals surface area (Å²) in [6.07, 6.45) is -0.372. The van der Waals surface area contributed by atoms with Gasteiger partial charge in [-0.15, -0.1) is 0 Å². The number of nitrogens with zero attached hydrogens (tertiary/aromatic N) is 1. The molecule has 1 aliphatic rings. The van der Waals surface area contributed by atoms with Gasteiger partial charge < -0.3 is 9.84 Å². The van der Waals surface area contributed by atoms with Gasteiger partial charge in [0.05, 0.1) is 6.61 Å². The molecule has 3 nitrogen and oxygen atoms in total. The summed E-state index contributed by atoms with van der Waals surface area (Å²) in [5, 5.41) is 12.9. The average Bonchev–Trinajstić information content (AvgIpc) is 2.80. The Morgan fingerprint density at radius 2 is 1.63 bits per heavy atom. The van der Waals surface area contributed by atoms with E-state index in [4.69, 9.17) is 16.3 Å². The van der Waals surface area contributed by atoms with Crippen molar-refractivity contribution in [2.45, 2.75) is 31.1 Å². The highest BCUT2D eigenvalue weighted by molar-refractivity contribution is 6.31. The first kappa shape index (κ1) is 21.1. The number of halogens is 1. The Hall–Kier alpha value is -2.17. The number of ether oxygens (including phenoxy) is 1. The molecule has 0 aromatic heterocycles. The molecule has 156 valence electrons. The van der Waals surface area contributed by atoms with E-state index < -0.39 is 5.60 Å². The van der Waals surface area contributed by atoms with Crippen LogP contribution in [0, 0.1) is 0 Å². The van der Waals surface area contributed by atoms with Gasteiger partial charge in [-0.2, -0.15) is 0 Å². The van der Waals surface area contributed by atoms with E-state index in [0.29, 0.717) is 18.2 Å². The summed E-state index contributed by atoms with van der Waals surface area (Å²) in [5.74, 6) is -0.240. The molecule has 0 spiro atoms. The second-order valence-electron chi connectivity index (χ2n) is 8.01. The van der Waals surface area contributed by atoms with Gasteiger partial charge in [0, 0.05) is 30.6 Å². The van der Waals surface area contributed by atoms with Gasteiger partial charge in [0.1, 0.15) is 11.7 Å². The molecule has 0 radical (unpaired) electrons. The van der Waals surface area contributed by atoms with Crippen molar-refractivity contribution in [2.75, 3.05) is 19.7 Å². The van der Waals surface area contributed by atoms with E-state index in [0.717, 1.165) is 24.2 Å². The first-order valence-electron chi connectivity index (χ1n) is 10.5. The number of morpholine rings is 1. The third kappa shape index (κ3) is 4.30. The lowest BCUT2D eigenvalue weighted by molar-refractivity contribution is -0.159. The highest BCUT2D eigenvalue weighted by Crippen LogP contribution is 2.43. The Labute approximate surface area is 183 Å². The molecule has 4 rings (SSSR count). The van der Waals surface area contributed by atoms with Gasteiger partial charge in [-0.3, -0.25) is 4.90 Å². The van der Waals surface area contributed by atoms with Crippen LogP contribution >= 0.6 is 11.6 Å². The molecule has 0 aliphatic carbocycles. The van der Waals surface area contributed by atoms with Crippen molar-refractivity contribution >= 4 is 11.6 Å². The fourth-order valence-corrected chi connectivity index (χ4v) is 4.74. The maximum absolute atomic E-state index is 12.2. The summed E-state index contributed by atoms with van der Waals surface area (Å²) in [4.78, 5) is 2.36. The molecule has 0 saturated carbocycles. The van der Waals surface area contributed by atoms with E-state index >= 15 is 0 Å². The molecule has 3 aromatic carbocycles. The zero-order chi connectivity index (χ0) is 21.0. The Morgan fingerprint density at radius 1 is 1.00 bits per heavy atom. The Balaban J connectivity index is 1.66. The number of aliphatic hydroxyl groups is 1. The minimum absolute atomic E-state index is 0.240. The third-order valence-corrected chi connectivity index (χ3v) is 6.50. The van der Waals surface area contributed by atoms with Gasteiger partial charge in [0.25, 0.3) is 0 Å².